The van der Waals surface area contributed by atoms with E-state index in [9.17, 15) is 0 Å². The average Bonchev–Trinajstić information content (AvgIpc) is 2.63. The van der Waals surface area contributed by atoms with Crippen molar-refractivity contribution in [2.75, 3.05) is 13.7 Å². The Hall–Kier alpha value is -1.02. The molecule has 2 nitrogen and oxygen atoms in total. The second-order valence-corrected chi connectivity index (χ2v) is 7.29. The highest BCUT2D eigenvalue weighted by Gasteiger charge is 2.36. The minimum absolute atomic E-state index is 0.126. The third-order valence-corrected chi connectivity index (χ3v) is 4.22. The minimum atomic E-state index is 0.126. The third-order valence-electron chi connectivity index (χ3n) is 4.22. The van der Waals surface area contributed by atoms with Crippen molar-refractivity contribution >= 4 is 0 Å². The Morgan fingerprint density at radius 2 is 1.80 bits per heavy atom. The summed E-state index contributed by atoms with van der Waals surface area (Å²) in [6.07, 6.45) is 6.36. The number of hydrogen-bond acceptors (Lipinski definition) is 2. The van der Waals surface area contributed by atoms with Crippen molar-refractivity contribution in [3.05, 3.63) is 29.8 Å². The Morgan fingerprint density at radius 1 is 1.10 bits per heavy atom. The number of methoxy groups -OCH3 is 1. The van der Waals surface area contributed by atoms with E-state index < -0.39 is 0 Å². The maximum Gasteiger partial charge on any atom is 0.118 e. The summed E-state index contributed by atoms with van der Waals surface area (Å²) < 4.78 is 5.29. The van der Waals surface area contributed by atoms with Crippen LogP contribution in [0.4, 0.5) is 0 Å². The molecule has 112 valence electrons. The first-order valence-electron chi connectivity index (χ1n) is 7.85. The van der Waals surface area contributed by atoms with E-state index in [-0.39, 0.29) is 5.54 Å². The Bertz CT molecular complexity index is 408. The number of ether oxygens (including phenoxy) is 1. The van der Waals surface area contributed by atoms with Gasteiger partial charge in [-0.2, -0.15) is 0 Å². The van der Waals surface area contributed by atoms with E-state index in [2.05, 4.69) is 50.4 Å². The SMILES string of the molecule is COc1ccc(C2(CC(C)(C)C)CCCCCN2)cc1. The molecule has 1 aromatic carbocycles. The van der Waals surface area contributed by atoms with Gasteiger partial charge in [0.15, 0.2) is 0 Å². The molecular formula is C18H29NO. The van der Waals surface area contributed by atoms with Gasteiger partial charge < -0.3 is 10.1 Å². The van der Waals surface area contributed by atoms with Crippen molar-refractivity contribution in [2.45, 2.75) is 58.4 Å². The van der Waals surface area contributed by atoms with Gasteiger partial charge in [0.05, 0.1) is 7.11 Å². The Kier molecular flexibility index (Phi) is 4.74. The average molecular weight is 275 g/mol. The van der Waals surface area contributed by atoms with Crippen molar-refractivity contribution in [1.29, 1.82) is 0 Å². The van der Waals surface area contributed by atoms with Crippen LogP contribution in [0.1, 0.15) is 58.4 Å². The summed E-state index contributed by atoms with van der Waals surface area (Å²) in [5, 5.41) is 3.86. The molecule has 1 aliphatic heterocycles. The van der Waals surface area contributed by atoms with Gasteiger partial charge >= 0.3 is 0 Å². The largest absolute Gasteiger partial charge is 0.497 e. The van der Waals surface area contributed by atoms with Gasteiger partial charge in [-0.05, 0) is 48.9 Å². The van der Waals surface area contributed by atoms with Crippen molar-refractivity contribution in [1.82, 2.24) is 5.32 Å². The predicted octanol–water partition coefficient (Wildman–Crippen LogP) is 4.49. The molecule has 1 atom stereocenters. The molecular weight excluding hydrogens is 246 g/mol. The minimum Gasteiger partial charge on any atom is -0.497 e. The zero-order chi connectivity index (χ0) is 14.6. The van der Waals surface area contributed by atoms with Gasteiger partial charge in [0.1, 0.15) is 5.75 Å². The zero-order valence-electron chi connectivity index (χ0n) is 13.5. The topological polar surface area (TPSA) is 21.3 Å². The van der Waals surface area contributed by atoms with Crippen molar-refractivity contribution in [3.8, 4) is 5.75 Å². The van der Waals surface area contributed by atoms with Crippen LogP contribution >= 0.6 is 0 Å². The molecule has 1 N–H and O–H groups in total. The third kappa shape index (κ3) is 3.76. The van der Waals surface area contributed by atoms with Crippen LogP contribution in [0.3, 0.4) is 0 Å². The number of benzene rings is 1. The highest BCUT2D eigenvalue weighted by atomic mass is 16.5. The van der Waals surface area contributed by atoms with Crippen molar-refractivity contribution in [3.63, 3.8) is 0 Å². The zero-order valence-corrected chi connectivity index (χ0v) is 13.5. The molecule has 1 unspecified atom stereocenters. The summed E-state index contributed by atoms with van der Waals surface area (Å²) >= 11 is 0. The lowest BCUT2D eigenvalue weighted by Gasteiger charge is -2.40. The lowest BCUT2D eigenvalue weighted by Crippen LogP contribution is -2.44. The molecule has 0 radical (unpaired) electrons. The summed E-state index contributed by atoms with van der Waals surface area (Å²) in [4.78, 5) is 0. The maximum atomic E-state index is 5.29. The number of nitrogens with one attached hydrogen (secondary N) is 1. The smallest absolute Gasteiger partial charge is 0.118 e. The van der Waals surface area contributed by atoms with Crippen LogP contribution in [0, 0.1) is 5.41 Å². The summed E-state index contributed by atoms with van der Waals surface area (Å²) in [5.74, 6) is 0.938. The summed E-state index contributed by atoms with van der Waals surface area (Å²) in [6, 6.07) is 8.66. The van der Waals surface area contributed by atoms with Crippen LogP contribution < -0.4 is 10.1 Å². The molecule has 1 saturated heterocycles. The predicted molar refractivity (Wildman–Crippen MR) is 85.2 cm³/mol. The summed E-state index contributed by atoms with van der Waals surface area (Å²) in [5.41, 5.74) is 1.85. The van der Waals surface area contributed by atoms with Gasteiger partial charge in [-0.3, -0.25) is 0 Å². The van der Waals surface area contributed by atoms with E-state index in [1.54, 1.807) is 7.11 Å². The monoisotopic (exact) mass is 275 g/mol. The van der Waals surface area contributed by atoms with E-state index in [1.165, 1.54) is 37.7 Å². The van der Waals surface area contributed by atoms with Gasteiger partial charge in [-0.1, -0.05) is 45.7 Å². The van der Waals surface area contributed by atoms with Crippen molar-refractivity contribution < 1.29 is 4.74 Å². The van der Waals surface area contributed by atoms with Crippen LogP contribution in [-0.4, -0.2) is 13.7 Å². The van der Waals surface area contributed by atoms with E-state index in [4.69, 9.17) is 4.74 Å². The molecule has 2 rings (SSSR count). The normalized spacial score (nSPS) is 24.2. The van der Waals surface area contributed by atoms with E-state index in [1.807, 2.05) is 0 Å². The van der Waals surface area contributed by atoms with Gasteiger partial charge in [0.2, 0.25) is 0 Å². The van der Waals surface area contributed by atoms with Crippen LogP contribution in [0.15, 0.2) is 24.3 Å². The van der Waals surface area contributed by atoms with E-state index >= 15 is 0 Å². The molecule has 1 aliphatic rings. The second kappa shape index (κ2) is 6.17. The fourth-order valence-corrected chi connectivity index (χ4v) is 3.46. The van der Waals surface area contributed by atoms with E-state index in [0.717, 1.165) is 12.3 Å². The van der Waals surface area contributed by atoms with Gasteiger partial charge in [0, 0.05) is 5.54 Å². The molecule has 1 fully saturated rings. The summed E-state index contributed by atoms with van der Waals surface area (Å²) in [7, 11) is 1.73. The lowest BCUT2D eigenvalue weighted by molar-refractivity contribution is 0.202. The first-order chi connectivity index (χ1) is 9.45. The fraction of sp³-hybridized carbons (Fsp3) is 0.667. The van der Waals surface area contributed by atoms with Gasteiger partial charge in [-0.25, -0.2) is 0 Å². The summed E-state index contributed by atoms with van der Waals surface area (Å²) in [6.45, 7) is 8.14. The molecule has 0 spiro atoms. The molecule has 0 aromatic heterocycles. The number of rotatable bonds is 3. The maximum absolute atomic E-state index is 5.29. The van der Waals surface area contributed by atoms with E-state index in [0.29, 0.717) is 5.41 Å². The quantitative estimate of drug-likeness (QED) is 0.877. The number of hydrogen-bond donors (Lipinski definition) is 1. The molecule has 2 heteroatoms. The van der Waals surface area contributed by atoms with Gasteiger partial charge in [-0.15, -0.1) is 0 Å². The Balaban J connectivity index is 2.33. The highest BCUT2D eigenvalue weighted by Crippen LogP contribution is 2.40. The molecule has 0 saturated carbocycles. The standard InChI is InChI=1S/C18H29NO/c1-17(2,3)14-18(12-6-5-7-13-19-18)15-8-10-16(20-4)11-9-15/h8-11,19H,5-7,12-14H2,1-4H3. The van der Waals surface area contributed by atoms with Crippen LogP contribution in [0.5, 0.6) is 5.75 Å². The first-order valence-corrected chi connectivity index (χ1v) is 7.85. The van der Waals surface area contributed by atoms with Crippen LogP contribution in [0.25, 0.3) is 0 Å². The molecule has 1 heterocycles. The Morgan fingerprint density at radius 3 is 2.40 bits per heavy atom. The second-order valence-electron chi connectivity index (χ2n) is 7.29. The first kappa shape index (κ1) is 15.4. The van der Waals surface area contributed by atoms with Gasteiger partial charge in [0.25, 0.3) is 0 Å². The molecule has 1 aromatic rings. The lowest BCUT2D eigenvalue weighted by atomic mass is 9.73. The highest BCUT2D eigenvalue weighted by molar-refractivity contribution is 5.32. The van der Waals surface area contributed by atoms with Crippen LogP contribution in [-0.2, 0) is 5.54 Å². The molecule has 0 bridgehead atoms. The van der Waals surface area contributed by atoms with Crippen molar-refractivity contribution in [2.24, 2.45) is 5.41 Å². The fourth-order valence-electron chi connectivity index (χ4n) is 3.46. The molecule has 20 heavy (non-hydrogen) atoms. The van der Waals surface area contributed by atoms with Crippen LogP contribution in [0.2, 0.25) is 0 Å². The molecule has 0 amide bonds. The Labute approximate surface area is 123 Å². The molecule has 0 aliphatic carbocycles.